The van der Waals surface area contributed by atoms with Crippen LogP contribution >= 0.6 is 0 Å². The van der Waals surface area contributed by atoms with Crippen molar-refractivity contribution >= 4 is 5.91 Å². The fourth-order valence-electron chi connectivity index (χ4n) is 2.43. The number of unbranched alkanes of at least 4 members (excludes halogenated alkanes) is 1. The average Bonchev–Trinajstić information content (AvgIpc) is 2.27. The summed E-state index contributed by atoms with van der Waals surface area (Å²) in [5, 5.41) is 12.7. The minimum absolute atomic E-state index is 0.0219. The van der Waals surface area contributed by atoms with Gasteiger partial charge in [0.15, 0.2) is 0 Å². The van der Waals surface area contributed by atoms with Crippen molar-refractivity contribution in [3.63, 3.8) is 0 Å². The third-order valence-electron chi connectivity index (χ3n) is 3.48. The molecule has 0 spiro atoms. The molecule has 3 nitrogen and oxygen atoms in total. The molecule has 0 unspecified atom stereocenters. The molecule has 0 aromatic heterocycles. The van der Waals surface area contributed by atoms with E-state index in [4.69, 9.17) is 0 Å². The normalized spacial score (nSPS) is 19.2. The van der Waals surface area contributed by atoms with Gasteiger partial charge in [0.2, 0.25) is 5.91 Å². The molecule has 0 saturated heterocycles. The zero-order valence-corrected chi connectivity index (χ0v) is 11.1. The van der Waals surface area contributed by atoms with Gasteiger partial charge in [0.25, 0.3) is 0 Å². The number of amides is 1. The van der Waals surface area contributed by atoms with Crippen molar-refractivity contribution in [2.24, 2.45) is 0 Å². The summed E-state index contributed by atoms with van der Waals surface area (Å²) in [6.45, 7) is 0.241. The molecule has 0 heterocycles. The maximum atomic E-state index is 11.9. The highest BCUT2D eigenvalue weighted by atomic mass is 19.4. The van der Waals surface area contributed by atoms with Gasteiger partial charge in [0.05, 0.1) is 12.0 Å². The Hall–Kier alpha value is -0.780. The van der Waals surface area contributed by atoms with Crippen LogP contribution in [0.1, 0.15) is 57.8 Å². The predicted molar refractivity (Wildman–Crippen MR) is 65.6 cm³/mol. The van der Waals surface area contributed by atoms with E-state index in [1.54, 1.807) is 0 Å². The maximum absolute atomic E-state index is 11.9. The van der Waals surface area contributed by atoms with Crippen molar-refractivity contribution in [2.45, 2.75) is 69.6 Å². The van der Waals surface area contributed by atoms with E-state index in [0.29, 0.717) is 19.3 Å². The Morgan fingerprint density at radius 2 is 1.79 bits per heavy atom. The van der Waals surface area contributed by atoms with E-state index in [1.807, 2.05) is 0 Å². The number of halogens is 3. The second kappa shape index (κ2) is 7.12. The van der Waals surface area contributed by atoms with Crippen LogP contribution in [0.15, 0.2) is 0 Å². The van der Waals surface area contributed by atoms with Crippen LogP contribution in [-0.2, 0) is 4.79 Å². The largest absolute Gasteiger partial charge is 0.389 e. The summed E-state index contributed by atoms with van der Waals surface area (Å²) in [5.74, 6) is -0.267. The number of alkyl halides is 3. The van der Waals surface area contributed by atoms with E-state index in [-0.39, 0.29) is 25.3 Å². The molecule has 19 heavy (non-hydrogen) atoms. The first-order chi connectivity index (χ1) is 8.81. The lowest BCUT2D eigenvalue weighted by atomic mass is 9.82. The highest BCUT2D eigenvalue weighted by molar-refractivity contribution is 5.76. The van der Waals surface area contributed by atoms with Gasteiger partial charge in [0, 0.05) is 13.0 Å². The van der Waals surface area contributed by atoms with Crippen molar-refractivity contribution in [3.8, 4) is 0 Å². The van der Waals surface area contributed by atoms with Crippen LogP contribution in [0.4, 0.5) is 13.2 Å². The number of rotatable bonds is 6. The average molecular weight is 281 g/mol. The van der Waals surface area contributed by atoms with E-state index in [0.717, 1.165) is 19.3 Å². The summed E-state index contributed by atoms with van der Waals surface area (Å²) >= 11 is 0. The lowest BCUT2D eigenvalue weighted by Crippen LogP contribution is -2.38. The number of hydrogen-bond acceptors (Lipinski definition) is 2. The molecule has 1 rings (SSSR count). The molecule has 0 aliphatic heterocycles. The summed E-state index contributed by atoms with van der Waals surface area (Å²) in [7, 11) is 0. The van der Waals surface area contributed by atoms with Crippen LogP contribution in [0.25, 0.3) is 0 Å². The van der Waals surface area contributed by atoms with Gasteiger partial charge >= 0.3 is 6.18 Å². The number of hydrogen-bond donors (Lipinski definition) is 2. The Labute approximate surface area is 111 Å². The van der Waals surface area contributed by atoms with Crippen LogP contribution < -0.4 is 5.32 Å². The molecule has 1 fully saturated rings. The highest BCUT2D eigenvalue weighted by Crippen LogP contribution is 2.30. The van der Waals surface area contributed by atoms with Crippen molar-refractivity contribution in [2.75, 3.05) is 6.54 Å². The molecule has 1 saturated carbocycles. The van der Waals surface area contributed by atoms with Crippen LogP contribution in [0.5, 0.6) is 0 Å². The zero-order chi connectivity index (χ0) is 14.4. The van der Waals surface area contributed by atoms with Gasteiger partial charge in [0.1, 0.15) is 0 Å². The molecular formula is C13H22F3NO2. The van der Waals surface area contributed by atoms with Gasteiger partial charge in [-0.3, -0.25) is 4.79 Å². The van der Waals surface area contributed by atoms with E-state index in [9.17, 15) is 23.1 Å². The minimum atomic E-state index is -4.12. The molecule has 0 aromatic carbocycles. The third kappa shape index (κ3) is 7.40. The van der Waals surface area contributed by atoms with Crippen LogP contribution in [0.2, 0.25) is 0 Å². The topological polar surface area (TPSA) is 49.3 Å². The van der Waals surface area contributed by atoms with Crippen molar-refractivity contribution in [3.05, 3.63) is 0 Å². The molecule has 1 aliphatic carbocycles. The molecule has 1 amide bonds. The van der Waals surface area contributed by atoms with Crippen molar-refractivity contribution in [1.82, 2.24) is 5.32 Å². The van der Waals surface area contributed by atoms with E-state index in [1.165, 1.54) is 0 Å². The first-order valence-electron chi connectivity index (χ1n) is 6.87. The molecule has 0 aromatic rings. The smallest absolute Gasteiger partial charge is 0.389 e. The Morgan fingerprint density at radius 1 is 1.16 bits per heavy atom. The summed E-state index contributed by atoms with van der Waals surface area (Å²) < 4.78 is 35.6. The molecule has 112 valence electrons. The van der Waals surface area contributed by atoms with Crippen molar-refractivity contribution < 1.29 is 23.1 Å². The summed E-state index contributed by atoms with van der Waals surface area (Å²) in [6.07, 6.45) is -0.340. The third-order valence-corrected chi connectivity index (χ3v) is 3.48. The molecule has 1 aliphatic rings. The van der Waals surface area contributed by atoms with Crippen LogP contribution in [-0.4, -0.2) is 29.3 Å². The van der Waals surface area contributed by atoms with Crippen LogP contribution in [0.3, 0.4) is 0 Å². The van der Waals surface area contributed by atoms with Gasteiger partial charge in [-0.25, -0.2) is 0 Å². The maximum Gasteiger partial charge on any atom is 0.389 e. The standard InChI is InChI=1S/C13H22F3NO2/c14-13(15,16)8-4-5-9-17-11(18)10-12(19)6-2-1-3-7-12/h19H,1-10H2,(H,17,18). The lowest BCUT2D eigenvalue weighted by molar-refractivity contribution is -0.135. The first-order valence-corrected chi connectivity index (χ1v) is 6.87. The Balaban J connectivity index is 2.11. The zero-order valence-electron chi connectivity index (χ0n) is 11.1. The fraction of sp³-hybridized carbons (Fsp3) is 0.923. The van der Waals surface area contributed by atoms with Gasteiger partial charge in [-0.2, -0.15) is 13.2 Å². The monoisotopic (exact) mass is 281 g/mol. The Kier molecular flexibility index (Phi) is 6.10. The highest BCUT2D eigenvalue weighted by Gasteiger charge is 2.31. The summed E-state index contributed by atoms with van der Waals surface area (Å²) in [4.78, 5) is 11.6. The SMILES string of the molecule is O=C(CC1(O)CCCCC1)NCCCCC(F)(F)F. The number of nitrogens with one attached hydrogen (secondary N) is 1. The Bertz CT molecular complexity index is 286. The molecule has 0 atom stereocenters. The van der Waals surface area contributed by atoms with Crippen LogP contribution in [0, 0.1) is 0 Å². The van der Waals surface area contributed by atoms with E-state index < -0.39 is 18.2 Å². The second-order valence-electron chi connectivity index (χ2n) is 5.38. The minimum Gasteiger partial charge on any atom is -0.389 e. The van der Waals surface area contributed by atoms with Crippen molar-refractivity contribution in [1.29, 1.82) is 0 Å². The summed E-state index contributed by atoms with van der Waals surface area (Å²) in [5.41, 5.74) is -0.908. The molecular weight excluding hydrogens is 259 g/mol. The molecule has 2 N–H and O–H groups in total. The molecule has 0 bridgehead atoms. The van der Waals surface area contributed by atoms with E-state index in [2.05, 4.69) is 5.32 Å². The van der Waals surface area contributed by atoms with Gasteiger partial charge in [-0.05, 0) is 25.7 Å². The second-order valence-corrected chi connectivity index (χ2v) is 5.38. The Morgan fingerprint density at radius 3 is 2.37 bits per heavy atom. The fourth-order valence-corrected chi connectivity index (χ4v) is 2.43. The van der Waals surface area contributed by atoms with Gasteiger partial charge < -0.3 is 10.4 Å². The predicted octanol–water partition coefficient (Wildman–Crippen LogP) is 2.92. The molecule has 0 radical (unpaired) electrons. The first kappa shape index (κ1) is 16.3. The number of carbonyl (C=O) groups excluding carboxylic acids is 1. The van der Waals surface area contributed by atoms with Gasteiger partial charge in [-0.1, -0.05) is 19.3 Å². The molecule has 6 heteroatoms. The van der Waals surface area contributed by atoms with Gasteiger partial charge in [-0.15, -0.1) is 0 Å². The lowest BCUT2D eigenvalue weighted by Gasteiger charge is -2.31. The summed E-state index contributed by atoms with van der Waals surface area (Å²) in [6, 6.07) is 0. The van der Waals surface area contributed by atoms with E-state index >= 15 is 0 Å². The quantitative estimate of drug-likeness (QED) is 0.735. The number of carbonyl (C=O) groups is 1. The number of aliphatic hydroxyl groups is 1.